The number of allylic oxidation sites excluding steroid dienone is 8. The van der Waals surface area contributed by atoms with Gasteiger partial charge in [-0.05, 0) is 60.6 Å². The Labute approximate surface area is 198 Å². The van der Waals surface area contributed by atoms with Crippen molar-refractivity contribution in [3.63, 3.8) is 0 Å². The summed E-state index contributed by atoms with van der Waals surface area (Å²) in [5.41, 5.74) is 6.36. The van der Waals surface area contributed by atoms with Crippen LogP contribution in [-0.2, 0) is 5.41 Å². The SMILES string of the molecule is CC1/C=C\C=C/CC/C=C\C=C/CC12c1ccccc1N(c1ccccc1)c1ccccc12. The number of hydrogen-bond acceptors (Lipinski definition) is 1. The third-order valence-corrected chi connectivity index (χ3v) is 7.01. The van der Waals surface area contributed by atoms with Crippen molar-refractivity contribution in [1.29, 1.82) is 0 Å². The molecule has 2 aliphatic rings. The molecule has 0 saturated carbocycles. The first-order valence-corrected chi connectivity index (χ1v) is 12.0. The first kappa shape index (κ1) is 21.3. The van der Waals surface area contributed by atoms with Gasteiger partial charge in [0, 0.05) is 11.1 Å². The topological polar surface area (TPSA) is 3.24 Å². The molecule has 0 radical (unpaired) electrons. The summed E-state index contributed by atoms with van der Waals surface area (Å²) in [6, 6.07) is 28.7. The van der Waals surface area contributed by atoms with Crippen molar-refractivity contribution in [3.05, 3.63) is 139 Å². The second-order valence-electron chi connectivity index (χ2n) is 8.92. The van der Waals surface area contributed by atoms with Crippen LogP contribution in [0.4, 0.5) is 17.1 Å². The second kappa shape index (κ2) is 9.50. The Bertz CT molecular complexity index is 1160. The monoisotopic (exact) mass is 429 g/mol. The van der Waals surface area contributed by atoms with E-state index in [4.69, 9.17) is 0 Å². The van der Waals surface area contributed by atoms with Crippen LogP contribution in [-0.4, -0.2) is 0 Å². The van der Waals surface area contributed by atoms with Gasteiger partial charge < -0.3 is 4.90 Å². The molecule has 1 unspecified atom stereocenters. The van der Waals surface area contributed by atoms with Crippen LogP contribution in [0.2, 0.25) is 0 Å². The minimum atomic E-state index is -0.152. The quantitative estimate of drug-likeness (QED) is 0.373. The van der Waals surface area contributed by atoms with E-state index in [1.807, 2.05) is 0 Å². The van der Waals surface area contributed by atoms with Crippen molar-refractivity contribution in [2.45, 2.75) is 31.6 Å². The first-order chi connectivity index (χ1) is 16.3. The van der Waals surface area contributed by atoms with Gasteiger partial charge in [0.05, 0.1) is 11.4 Å². The lowest BCUT2D eigenvalue weighted by Gasteiger charge is -2.48. The van der Waals surface area contributed by atoms with Crippen LogP contribution in [0.5, 0.6) is 0 Å². The Morgan fingerprint density at radius 3 is 1.85 bits per heavy atom. The molecule has 0 fully saturated rings. The van der Waals surface area contributed by atoms with E-state index in [9.17, 15) is 0 Å². The van der Waals surface area contributed by atoms with E-state index in [0.29, 0.717) is 5.92 Å². The number of hydrogen-bond donors (Lipinski definition) is 0. The van der Waals surface area contributed by atoms with Crippen LogP contribution in [0.1, 0.15) is 37.3 Å². The molecule has 0 aromatic heterocycles. The van der Waals surface area contributed by atoms with Crippen molar-refractivity contribution in [3.8, 4) is 0 Å². The molecule has 1 heterocycles. The molecule has 3 aromatic rings. The Morgan fingerprint density at radius 2 is 1.18 bits per heavy atom. The van der Waals surface area contributed by atoms with Gasteiger partial charge in [0.15, 0.2) is 0 Å². The van der Waals surface area contributed by atoms with E-state index in [1.165, 1.54) is 28.2 Å². The van der Waals surface area contributed by atoms with E-state index >= 15 is 0 Å². The summed E-state index contributed by atoms with van der Waals surface area (Å²) in [4.78, 5) is 2.43. The van der Waals surface area contributed by atoms with E-state index in [0.717, 1.165) is 19.3 Å². The largest absolute Gasteiger partial charge is 0.310 e. The summed E-state index contributed by atoms with van der Waals surface area (Å²) in [6.07, 6.45) is 21.3. The van der Waals surface area contributed by atoms with Crippen LogP contribution in [0, 0.1) is 5.92 Å². The molecule has 0 amide bonds. The summed E-state index contributed by atoms with van der Waals surface area (Å²) in [5, 5.41) is 0. The van der Waals surface area contributed by atoms with Gasteiger partial charge in [0.25, 0.3) is 0 Å². The molecule has 1 spiro atoms. The Hall–Kier alpha value is -3.58. The number of fused-ring (bicyclic) bond motifs is 4. The average Bonchev–Trinajstić information content (AvgIpc) is 2.88. The van der Waals surface area contributed by atoms with Crippen molar-refractivity contribution in [2.24, 2.45) is 5.92 Å². The van der Waals surface area contributed by atoms with Crippen LogP contribution in [0.25, 0.3) is 0 Å². The highest BCUT2D eigenvalue weighted by Crippen LogP contribution is 2.56. The molecule has 1 aliphatic heterocycles. The van der Waals surface area contributed by atoms with Crippen LogP contribution in [0.3, 0.4) is 0 Å². The van der Waals surface area contributed by atoms with Crippen molar-refractivity contribution >= 4 is 17.1 Å². The van der Waals surface area contributed by atoms with Gasteiger partial charge in [-0.15, -0.1) is 0 Å². The minimum Gasteiger partial charge on any atom is -0.310 e. The Morgan fingerprint density at radius 1 is 0.636 bits per heavy atom. The second-order valence-corrected chi connectivity index (χ2v) is 8.92. The lowest BCUT2D eigenvalue weighted by molar-refractivity contribution is 0.406. The highest BCUT2D eigenvalue weighted by molar-refractivity contribution is 5.86. The molecule has 3 aromatic carbocycles. The minimum absolute atomic E-state index is 0.152. The van der Waals surface area contributed by atoms with Gasteiger partial charge in [0.1, 0.15) is 0 Å². The maximum Gasteiger partial charge on any atom is 0.0503 e. The first-order valence-electron chi connectivity index (χ1n) is 12.0. The van der Waals surface area contributed by atoms with Crippen molar-refractivity contribution < 1.29 is 0 Å². The zero-order chi connectivity index (χ0) is 22.5. The molecule has 0 saturated heterocycles. The Balaban J connectivity index is 1.77. The predicted octanol–water partition coefficient (Wildman–Crippen LogP) is 8.80. The number of rotatable bonds is 1. The number of anilines is 3. The molecule has 5 rings (SSSR count). The zero-order valence-corrected chi connectivity index (χ0v) is 19.3. The fourth-order valence-electron chi connectivity index (χ4n) is 5.39. The Kier molecular flexibility index (Phi) is 6.13. The van der Waals surface area contributed by atoms with Crippen LogP contribution >= 0.6 is 0 Å². The van der Waals surface area contributed by atoms with Crippen molar-refractivity contribution in [1.82, 2.24) is 0 Å². The van der Waals surface area contributed by atoms with Crippen LogP contribution < -0.4 is 4.90 Å². The third-order valence-electron chi connectivity index (χ3n) is 7.01. The summed E-state index contributed by atoms with van der Waals surface area (Å²) in [6.45, 7) is 2.37. The van der Waals surface area contributed by atoms with Crippen LogP contribution in [0.15, 0.2) is 127 Å². The van der Waals surface area contributed by atoms with Gasteiger partial charge in [-0.1, -0.05) is 110 Å². The van der Waals surface area contributed by atoms with Gasteiger partial charge in [-0.3, -0.25) is 0 Å². The summed E-state index contributed by atoms with van der Waals surface area (Å²) in [7, 11) is 0. The molecule has 1 atom stereocenters. The van der Waals surface area contributed by atoms with E-state index in [-0.39, 0.29) is 5.41 Å². The highest BCUT2D eigenvalue weighted by atomic mass is 15.2. The normalized spacial score (nSPS) is 23.2. The predicted molar refractivity (Wildman–Crippen MR) is 141 cm³/mol. The smallest absolute Gasteiger partial charge is 0.0503 e. The standard InChI is InChI=1S/C32H31N/c1-26-18-10-7-5-3-2-4-6-8-17-25-32(26)28-21-13-15-23-30(28)33(27-19-11-9-12-20-27)31-24-16-14-22-29(31)32/h4-24,26H,2-3,25H2,1H3/b6-4-,7-5-,17-8-,18-10-. The number of para-hydroxylation sites is 3. The molecule has 0 bridgehead atoms. The van der Waals surface area contributed by atoms with Gasteiger partial charge >= 0.3 is 0 Å². The van der Waals surface area contributed by atoms with Gasteiger partial charge in [-0.25, -0.2) is 0 Å². The molecule has 0 N–H and O–H groups in total. The molecule has 1 heteroatoms. The highest BCUT2D eigenvalue weighted by Gasteiger charge is 2.45. The molecular formula is C32H31N. The van der Waals surface area contributed by atoms with E-state index in [2.05, 4.69) is 139 Å². The lowest BCUT2D eigenvalue weighted by Crippen LogP contribution is -2.39. The number of nitrogens with zero attached hydrogens (tertiary/aromatic N) is 1. The van der Waals surface area contributed by atoms with E-state index < -0.39 is 0 Å². The van der Waals surface area contributed by atoms with Gasteiger partial charge in [-0.2, -0.15) is 0 Å². The fraction of sp³-hybridized carbons (Fsp3) is 0.188. The fourth-order valence-corrected chi connectivity index (χ4v) is 5.39. The summed E-state index contributed by atoms with van der Waals surface area (Å²) in [5.74, 6) is 0.316. The third kappa shape index (κ3) is 3.89. The summed E-state index contributed by atoms with van der Waals surface area (Å²) >= 11 is 0. The lowest BCUT2D eigenvalue weighted by atomic mass is 9.61. The molecule has 1 nitrogen and oxygen atoms in total. The van der Waals surface area contributed by atoms with Crippen molar-refractivity contribution in [2.75, 3.05) is 4.90 Å². The maximum absolute atomic E-state index is 2.43. The number of benzene rings is 3. The maximum atomic E-state index is 2.43. The van der Waals surface area contributed by atoms with E-state index in [1.54, 1.807) is 0 Å². The molecule has 33 heavy (non-hydrogen) atoms. The molecule has 1 aliphatic carbocycles. The zero-order valence-electron chi connectivity index (χ0n) is 19.3. The van der Waals surface area contributed by atoms with Gasteiger partial charge in [0.2, 0.25) is 0 Å². The summed E-state index contributed by atoms with van der Waals surface area (Å²) < 4.78 is 0. The molecule has 164 valence electrons. The average molecular weight is 430 g/mol. The molecular weight excluding hydrogens is 398 g/mol.